The van der Waals surface area contributed by atoms with E-state index in [1.807, 2.05) is 42.5 Å². The van der Waals surface area contributed by atoms with Crippen molar-refractivity contribution in [2.75, 3.05) is 6.61 Å². The topological polar surface area (TPSA) is 72.3 Å². The lowest BCUT2D eigenvalue weighted by atomic mass is 10.1. The standard InChI is InChI=1S/C20H15NO4/c1-12-13-6-3-5-9-18(13)25-19(12)20(23)24-11-17(22)15-10-21-16-8-4-2-7-14(15)16/h2-10,21H,11H2,1H3. The first-order valence-corrected chi connectivity index (χ1v) is 7.89. The van der Waals surface area contributed by atoms with Crippen molar-refractivity contribution in [3.05, 3.63) is 71.6 Å². The van der Waals surface area contributed by atoms with Gasteiger partial charge in [0.1, 0.15) is 5.58 Å². The fourth-order valence-electron chi connectivity index (χ4n) is 2.95. The first kappa shape index (κ1) is 15.2. The molecule has 2 aromatic carbocycles. The largest absolute Gasteiger partial charge is 0.451 e. The van der Waals surface area contributed by atoms with E-state index in [0.717, 1.165) is 16.3 Å². The normalized spacial score (nSPS) is 11.1. The lowest BCUT2D eigenvalue weighted by molar-refractivity contribution is 0.0445. The van der Waals surface area contributed by atoms with Gasteiger partial charge in [-0.2, -0.15) is 0 Å². The highest BCUT2D eigenvalue weighted by Crippen LogP contribution is 2.25. The van der Waals surface area contributed by atoms with Gasteiger partial charge in [0.05, 0.1) is 0 Å². The number of carbonyl (C=O) groups excluding carboxylic acids is 2. The molecule has 2 heterocycles. The molecule has 0 aliphatic heterocycles. The van der Waals surface area contributed by atoms with Crippen LogP contribution in [0.3, 0.4) is 0 Å². The van der Waals surface area contributed by atoms with Crippen LogP contribution in [0.25, 0.3) is 21.9 Å². The summed E-state index contributed by atoms with van der Waals surface area (Å²) in [6.45, 7) is 1.46. The number of aromatic nitrogens is 1. The number of furan rings is 1. The molecule has 124 valence electrons. The maximum absolute atomic E-state index is 12.4. The zero-order valence-corrected chi connectivity index (χ0v) is 13.5. The Kier molecular flexibility index (Phi) is 3.61. The van der Waals surface area contributed by atoms with Gasteiger partial charge in [0, 0.05) is 33.6 Å². The molecule has 0 radical (unpaired) electrons. The number of aryl methyl sites for hydroxylation is 1. The maximum atomic E-state index is 12.4. The molecule has 2 aromatic heterocycles. The molecule has 0 unspecified atom stereocenters. The number of ketones is 1. The number of hydrogen-bond donors (Lipinski definition) is 1. The Morgan fingerprint density at radius 2 is 1.76 bits per heavy atom. The molecule has 5 nitrogen and oxygen atoms in total. The molecule has 0 atom stereocenters. The fraction of sp³-hybridized carbons (Fsp3) is 0.100. The minimum atomic E-state index is -0.637. The van der Waals surface area contributed by atoms with Gasteiger partial charge >= 0.3 is 5.97 Å². The Bertz CT molecular complexity index is 1100. The Hall–Kier alpha value is -3.34. The zero-order chi connectivity index (χ0) is 17.4. The lowest BCUT2D eigenvalue weighted by Crippen LogP contribution is -2.14. The van der Waals surface area contributed by atoms with Crippen molar-refractivity contribution in [1.82, 2.24) is 4.98 Å². The van der Waals surface area contributed by atoms with Gasteiger partial charge in [0.15, 0.2) is 6.61 Å². The van der Waals surface area contributed by atoms with Crippen LogP contribution in [-0.2, 0) is 4.74 Å². The van der Waals surface area contributed by atoms with Crippen LogP contribution in [0.4, 0.5) is 0 Å². The highest BCUT2D eigenvalue weighted by Gasteiger charge is 2.21. The number of carbonyl (C=O) groups is 2. The third kappa shape index (κ3) is 2.59. The third-order valence-electron chi connectivity index (χ3n) is 4.25. The van der Waals surface area contributed by atoms with Crippen LogP contribution in [0.5, 0.6) is 0 Å². The van der Waals surface area contributed by atoms with Gasteiger partial charge in [-0.3, -0.25) is 4.79 Å². The average Bonchev–Trinajstić information content (AvgIpc) is 3.21. The van der Waals surface area contributed by atoms with Crippen LogP contribution >= 0.6 is 0 Å². The van der Waals surface area contributed by atoms with Gasteiger partial charge in [-0.15, -0.1) is 0 Å². The van der Waals surface area contributed by atoms with Gasteiger partial charge in [0.2, 0.25) is 11.5 Å². The van der Waals surface area contributed by atoms with E-state index in [4.69, 9.17) is 9.15 Å². The fourth-order valence-corrected chi connectivity index (χ4v) is 2.95. The minimum Gasteiger partial charge on any atom is -0.451 e. The average molecular weight is 333 g/mol. The lowest BCUT2D eigenvalue weighted by Gasteiger charge is -2.02. The van der Waals surface area contributed by atoms with Crippen molar-refractivity contribution in [3.63, 3.8) is 0 Å². The molecule has 5 heteroatoms. The monoisotopic (exact) mass is 333 g/mol. The Labute approximate surface area is 143 Å². The number of esters is 1. The van der Waals surface area contributed by atoms with Crippen LogP contribution in [0.1, 0.15) is 26.5 Å². The number of fused-ring (bicyclic) bond motifs is 2. The second-order valence-corrected chi connectivity index (χ2v) is 5.80. The van der Waals surface area contributed by atoms with E-state index in [2.05, 4.69) is 4.98 Å². The van der Waals surface area contributed by atoms with Gasteiger partial charge in [-0.25, -0.2) is 4.79 Å². The molecule has 0 aliphatic carbocycles. The zero-order valence-electron chi connectivity index (χ0n) is 13.5. The van der Waals surface area contributed by atoms with Crippen molar-refractivity contribution in [3.8, 4) is 0 Å². The quantitative estimate of drug-likeness (QED) is 0.447. The second kappa shape index (κ2) is 5.94. The summed E-state index contributed by atoms with van der Waals surface area (Å²) in [5, 5.41) is 1.67. The Morgan fingerprint density at radius 3 is 2.56 bits per heavy atom. The molecule has 25 heavy (non-hydrogen) atoms. The highest BCUT2D eigenvalue weighted by molar-refractivity contribution is 6.09. The van der Waals surface area contributed by atoms with Gasteiger partial charge < -0.3 is 14.1 Å². The molecule has 4 aromatic rings. The van der Waals surface area contributed by atoms with Crippen molar-refractivity contribution >= 4 is 33.6 Å². The summed E-state index contributed by atoms with van der Waals surface area (Å²) >= 11 is 0. The SMILES string of the molecule is Cc1c(C(=O)OCC(=O)c2c[nH]c3ccccc23)oc2ccccc12. The van der Waals surface area contributed by atoms with E-state index in [9.17, 15) is 9.59 Å². The highest BCUT2D eigenvalue weighted by atomic mass is 16.5. The molecule has 0 bridgehead atoms. The molecular formula is C20H15NO4. The molecule has 0 spiro atoms. The number of Topliss-reactive ketones (excluding diaryl/α,β-unsaturated/α-hetero) is 1. The molecule has 0 aliphatic rings. The van der Waals surface area contributed by atoms with Gasteiger partial charge in [0.25, 0.3) is 0 Å². The first-order valence-electron chi connectivity index (χ1n) is 7.89. The van der Waals surface area contributed by atoms with E-state index >= 15 is 0 Å². The summed E-state index contributed by atoms with van der Waals surface area (Å²) in [7, 11) is 0. The summed E-state index contributed by atoms with van der Waals surface area (Å²) in [6.07, 6.45) is 1.63. The van der Waals surface area contributed by atoms with Crippen LogP contribution < -0.4 is 0 Å². The van der Waals surface area contributed by atoms with Gasteiger partial charge in [-0.1, -0.05) is 36.4 Å². The number of nitrogens with one attached hydrogen (secondary N) is 1. The predicted octanol–water partition coefficient (Wildman–Crippen LogP) is 4.26. The summed E-state index contributed by atoms with van der Waals surface area (Å²) < 4.78 is 10.7. The van der Waals surface area contributed by atoms with E-state index < -0.39 is 5.97 Å². The summed E-state index contributed by atoms with van der Waals surface area (Å²) in [5.41, 5.74) is 2.70. The molecule has 0 fully saturated rings. The van der Waals surface area contributed by atoms with Crippen LogP contribution in [0, 0.1) is 6.92 Å². The predicted molar refractivity (Wildman–Crippen MR) is 93.9 cm³/mol. The number of hydrogen-bond acceptors (Lipinski definition) is 4. The van der Waals surface area contributed by atoms with Crippen LogP contribution in [-0.4, -0.2) is 23.3 Å². The number of rotatable bonds is 4. The maximum Gasteiger partial charge on any atom is 0.375 e. The van der Waals surface area contributed by atoms with Crippen molar-refractivity contribution in [1.29, 1.82) is 0 Å². The number of para-hydroxylation sites is 2. The molecular weight excluding hydrogens is 318 g/mol. The second-order valence-electron chi connectivity index (χ2n) is 5.80. The van der Waals surface area contributed by atoms with E-state index in [-0.39, 0.29) is 18.2 Å². The summed E-state index contributed by atoms with van der Waals surface area (Å²) in [6, 6.07) is 14.9. The molecule has 0 saturated heterocycles. The van der Waals surface area contributed by atoms with E-state index in [0.29, 0.717) is 16.7 Å². The van der Waals surface area contributed by atoms with Crippen LogP contribution in [0.2, 0.25) is 0 Å². The molecule has 0 saturated carbocycles. The summed E-state index contributed by atoms with van der Waals surface area (Å²) in [4.78, 5) is 27.7. The smallest absolute Gasteiger partial charge is 0.375 e. The van der Waals surface area contributed by atoms with Crippen LogP contribution in [0.15, 0.2) is 59.1 Å². The number of benzene rings is 2. The Balaban J connectivity index is 1.53. The minimum absolute atomic E-state index is 0.132. The molecule has 4 rings (SSSR count). The van der Waals surface area contributed by atoms with Gasteiger partial charge in [-0.05, 0) is 19.1 Å². The number of H-pyrrole nitrogens is 1. The van der Waals surface area contributed by atoms with Crippen molar-refractivity contribution in [2.45, 2.75) is 6.92 Å². The number of aromatic amines is 1. The molecule has 1 N–H and O–H groups in total. The van der Waals surface area contributed by atoms with E-state index in [1.165, 1.54) is 0 Å². The molecule has 0 amide bonds. The Morgan fingerprint density at radius 1 is 1.04 bits per heavy atom. The number of ether oxygens (including phenoxy) is 1. The first-order chi connectivity index (χ1) is 12.1. The van der Waals surface area contributed by atoms with Crippen molar-refractivity contribution < 1.29 is 18.7 Å². The van der Waals surface area contributed by atoms with E-state index in [1.54, 1.807) is 19.2 Å². The third-order valence-corrected chi connectivity index (χ3v) is 4.25. The summed E-state index contributed by atoms with van der Waals surface area (Å²) in [5.74, 6) is -0.769. The van der Waals surface area contributed by atoms with Crippen molar-refractivity contribution in [2.24, 2.45) is 0 Å².